The molecule has 35 heavy (non-hydrogen) atoms. The Balaban J connectivity index is 2.82. The van der Waals surface area contributed by atoms with Crippen LogP contribution in [0.3, 0.4) is 0 Å². The summed E-state index contributed by atoms with van der Waals surface area (Å²) in [4.78, 5) is 3.75. The van der Waals surface area contributed by atoms with Crippen LogP contribution < -0.4 is 0 Å². The Morgan fingerprint density at radius 1 is 0.571 bits per heavy atom. The molecule has 0 fully saturated rings. The molecule has 0 saturated heterocycles. The van der Waals surface area contributed by atoms with Crippen LogP contribution in [0, 0.1) is 0 Å². The van der Waals surface area contributed by atoms with Crippen molar-refractivity contribution in [2.75, 3.05) is 0 Å². The zero-order valence-electron chi connectivity index (χ0n) is 24.5. The topological polar surface area (TPSA) is 40.5 Å². The molecule has 2 nitrogen and oxygen atoms in total. The van der Waals surface area contributed by atoms with Gasteiger partial charge in [0, 0.05) is 32.0 Å². The molecule has 0 heterocycles. The van der Waals surface area contributed by atoms with E-state index in [0.717, 1.165) is 22.3 Å². The minimum absolute atomic E-state index is 0.165. The number of phenolic OH excluding ortho intramolecular Hbond substituents is 2. The highest BCUT2D eigenvalue weighted by Crippen LogP contribution is 2.52. The van der Waals surface area contributed by atoms with Crippen LogP contribution in [0.1, 0.15) is 119 Å². The van der Waals surface area contributed by atoms with Crippen molar-refractivity contribution >= 4 is 25.2 Å². The molecule has 2 aromatic carbocycles. The maximum atomic E-state index is 11.2. The highest BCUT2D eigenvalue weighted by molar-refractivity contribution is 8.83. The predicted molar refractivity (Wildman–Crippen MR) is 159 cm³/mol. The van der Waals surface area contributed by atoms with Gasteiger partial charge in [-0.15, -0.1) is 0 Å². The zero-order chi connectivity index (χ0) is 27.3. The summed E-state index contributed by atoms with van der Waals surface area (Å²) >= 11 is 0. The molecule has 0 radical (unpaired) electrons. The van der Waals surface area contributed by atoms with Crippen molar-refractivity contribution in [1.29, 1.82) is 0 Å². The van der Waals surface area contributed by atoms with E-state index in [4.69, 9.17) is 0 Å². The Hall–Kier alpha value is -1.39. The van der Waals surface area contributed by atoms with Crippen molar-refractivity contribution in [2.24, 2.45) is 0 Å². The second-order valence-electron chi connectivity index (χ2n) is 14.0. The van der Waals surface area contributed by atoms with E-state index in [1.165, 1.54) is 14.7 Å². The van der Waals surface area contributed by atoms with Crippen LogP contribution in [-0.4, -0.2) is 15.1 Å². The van der Waals surface area contributed by atoms with Gasteiger partial charge in [0.05, 0.1) is 0 Å². The lowest BCUT2D eigenvalue weighted by Crippen LogP contribution is -2.17. The minimum atomic E-state index is -0.225. The molecule has 0 amide bonds. The van der Waals surface area contributed by atoms with Gasteiger partial charge in [0.1, 0.15) is 11.5 Å². The highest BCUT2D eigenvalue weighted by Gasteiger charge is 2.29. The molecule has 2 aromatic rings. The minimum Gasteiger partial charge on any atom is -0.507 e. The van der Waals surface area contributed by atoms with Gasteiger partial charge in [0.15, 0.2) is 0 Å². The summed E-state index contributed by atoms with van der Waals surface area (Å²) in [6.45, 7) is 30.3. The molecule has 0 spiro atoms. The van der Waals surface area contributed by atoms with E-state index in [2.05, 4.69) is 121 Å². The molecule has 0 aliphatic carbocycles. The van der Waals surface area contributed by atoms with Gasteiger partial charge < -0.3 is 10.2 Å². The Kier molecular flexibility index (Phi) is 8.37. The molecule has 1 atom stereocenters. The SMILES string of the molecule is CC(C)=S(Sc1cc(C(C)(C)C)c(O)c(C(C)(C)C)c1)c1cc(C(C)(C)C)c(O)c(C(C)(C)C)c1. The fourth-order valence-electron chi connectivity index (χ4n) is 4.12. The average Bonchev–Trinajstić information content (AvgIpc) is 2.63. The van der Waals surface area contributed by atoms with Crippen LogP contribution in [-0.2, 0) is 21.7 Å². The Labute approximate surface area is 221 Å². The van der Waals surface area contributed by atoms with Crippen molar-refractivity contribution in [3.8, 4) is 11.5 Å². The van der Waals surface area contributed by atoms with E-state index in [9.17, 15) is 10.2 Å². The van der Waals surface area contributed by atoms with Crippen LogP contribution in [0.5, 0.6) is 11.5 Å². The maximum absolute atomic E-state index is 11.2. The standard InChI is InChI=1S/C31H48O2S2/c1-19(2)35(21-17-24(30(9,10)11)27(33)25(18-21)31(12,13)14)34-20-15-22(28(3,4)5)26(32)23(16-20)29(6,7)8/h15-18,32-33H,1-14H3. The molecular formula is C31H48O2S2. The van der Waals surface area contributed by atoms with Gasteiger partial charge >= 0.3 is 0 Å². The lowest BCUT2D eigenvalue weighted by atomic mass is 9.79. The monoisotopic (exact) mass is 516 g/mol. The van der Waals surface area contributed by atoms with Crippen LogP contribution in [0.25, 0.3) is 0 Å². The third-order valence-electron chi connectivity index (χ3n) is 6.16. The number of phenols is 2. The van der Waals surface area contributed by atoms with Gasteiger partial charge in [-0.3, -0.25) is 0 Å². The van der Waals surface area contributed by atoms with Crippen molar-refractivity contribution in [3.63, 3.8) is 0 Å². The quantitative estimate of drug-likeness (QED) is 0.315. The summed E-state index contributed by atoms with van der Waals surface area (Å²) in [5, 5.41) is 22.4. The van der Waals surface area contributed by atoms with Gasteiger partial charge in [0.25, 0.3) is 0 Å². The second kappa shape index (κ2) is 9.82. The van der Waals surface area contributed by atoms with E-state index >= 15 is 0 Å². The van der Waals surface area contributed by atoms with E-state index in [1.807, 2.05) is 10.8 Å². The summed E-state index contributed by atoms with van der Waals surface area (Å²) in [7, 11) is 1.64. The predicted octanol–water partition coefficient (Wildman–Crippen LogP) is 9.84. The second-order valence-corrected chi connectivity index (χ2v) is 18.0. The number of benzene rings is 2. The van der Waals surface area contributed by atoms with Crippen LogP contribution in [0.15, 0.2) is 34.1 Å². The van der Waals surface area contributed by atoms with E-state index in [-0.39, 0.29) is 31.2 Å². The third kappa shape index (κ3) is 6.89. The van der Waals surface area contributed by atoms with E-state index in [0.29, 0.717) is 11.5 Å². The van der Waals surface area contributed by atoms with Gasteiger partial charge in [-0.1, -0.05) is 103 Å². The largest absolute Gasteiger partial charge is 0.507 e. The first-order chi connectivity index (χ1) is 15.5. The summed E-state index contributed by atoms with van der Waals surface area (Å²) < 4.78 is 0. The summed E-state index contributed by atoms with van der Waals surface area (Å²) in [5.74, 6) is 0.840. The van der Waals surface area contributed by atoms with Crippen molar-refractivity contribution in [2.45, 2.75) is 128 Å². The van der Waals surface area contributed by atoms with Crippen LogP contribution in [0.4, 0.5) is 0 Å². The number of aromatic hydroxyl groups is 2. The molecule has 2 rings (SSSR count). The Morgan fingerprint density at radius 3 is 1.11 bits per heavy atom. The molecule has 4 heteroatoms. The fraction of sp³-hybridized carbons (Fsp3) is 0.581. The van der Waals surface area contributed by atoms with Crippen molar-refractivity contribution in [3.05, 3.63) is 46.5 Å². The van der Waals surface area contributed by atoms with E-state index < -0.39 is 0 Å². The Morgan fingerprint density at radius 2 is 0.857 bits per heavy atom. The molecule has 2 N–H and O–H groups in total. The highest BCUT2D eigenvalue weighted by atomic mass is 33.1. The molecule has 0 aliphatic rings. The van der Waals surface area contributed by atoms with Gasteiger partial charge in [0.2, 0.25) is 0 Å². The van der Waals surface area contributed by atoms with Crippen LogP contribution in [0.2, 0.25) is 0 Å². The molecule has 1 unspecified atom stereocenters. The van der Waals surface area contributed by atoms with Crippen molar-refractivity contribution in [1.82, 2.24) is 0 Å². The summed E-state index contributed by atoms with van der Waals surface area (Å²) in [6, 6.07) is 8.77. The lowest BCUT2D eigenvalue weighted by Gasteiger charge is -2.30. The number of rotatable bonds is 3. The maximum Gasteiger partial charge on any atom is 0.123 e. The average molecular weight is 517 g/mol. The molecule has 0 saturated carbocycles. The summed E-state index contributed by atoms with van der Waals surface area (Å²) in [5.41, 5.74) is 3.30. The molecule has 0 aliphatic heterocycles. The van der Waals surface area contributed by atoms with Crippen molar-refractivity contribution < 1.29 is 10.2 Å². The lowest BCUT2D eigenvalue weighted by molar-refractivity contribution is 0.421. The normalized spacial score (nSPS) is 14.2. The van der Waals surface area contributed by atoms with Gasteiger partial charge in [-0.2, -0.15) is 0 Å². The molecule has 0 aromatic heterocycles. The van der Waals surface area contributed by atoms with Gasteiger partial charge in [-0.05, 0) is 64.6 Å². The smallest absolute Gasteiger partial charge is 0.123 e. The first-order valence-electron chi connectivity index (χ1n) is 12.5. The molecular weight excluding hydrogens is 468 g/mol. The first kappa shape index (κ1) is 29.8. The summed E-state index contributed by atoms with van der Waals surface area (Å²) in [6.07, 6.45) is 0. The Bertz CT molecular complexity index is 1050. The molecule has 0 bridgehead atoms. The number of hydrogen-bond acceptors (Lipinski definition) is 3. The fourth-order valence-corrected chi connectivity index (χ4v) is 7.77. The molecule has 196 valence electrons. The van der Waals surface area contributed by atoms with Crippen LogP contribution >= 0.6 is 20.3 Å². The first-order valence-corrected chi connectivity index (χ1v) is 15.1. The number of hydrogen-bond donors (Lipinski definition) is 2. The van der Waals surface area contributed by atoms with E-state index in [1.54, 1.807) is 0 Å². The third-order valence-corrected chi connectivity index (χ3v) is 10.8. The zero-order valence-corrected chi connectivity index (χ0v) is 26.2. The van der Waals surface area contributed by atoms with Gasteiger partial charge in [-0.25, -0.2) is 0 Å².